The minimum absolute atomic E-state index is 0.119. The van der Waals surface area contributed by atoms with Gasteiger partial charge in [-0.05, 0) is 25.0 Å². The van der Waals surface area contributed by atoms with Crippen LogP contribution in [0.15, 0.2) is 21.3 Å². The number of fused-ring (bicyclic) bond motifs is 1. The highest BCUT2D eigenvalue weighted by molar-refractivity contribution is 5.96. The van der Waals surface area contributed by atoms with Crippen molar-refractivity contribution in [2.75, 3.05) is 27.2 Å². The number of aromatic hydroxyl groups is 1. The summed E-state index contributed by atoms with van der Waals surface area (Å²) < 4.78 is 37.3. The molecule has 194 valence electrons. The second-order valence-electron chi connectivity index (χ2n) is 8.54. The summed E-state index contributed by atoms with van der Waals surface area (Å²) in [5, 5.41) is 11.6. The second kappa shape index (κ2) is 14.3. The maximum Gasteiger partial charge on any atom is 0.406 e. The number of carbonyl (C=O) groups is 2. The van der Waals surface area contributed by atoms with E-state index < -0.39 is 40.6 Å². The fourth-order valence-corrected chi connectivity index (χ4v) is 3.74. The zero-order valence-electron chi connectivity index (χ0n) is 20.3. The third-order valence-corrected chi connectivity index (χ3v) is 5.79. The lowest BCUT2D eigenvalue weighted by molar-refractivity contribution is 0.0788. The van der Waals surface area contributed by atoms with Gasteiger partial charge in [0.25, 0.3) is 5.91 Å². The standard InChI is InChI=1S/C25H34F2N2O6/c1-28-25(33)34-14-12-10-8-6-4-3-5-7-9-11-13-29(2)23(31)18-15-17-16-19(26)21(30)20(27)22(17)35-24(18)32/h15-16,30H,3-14H2,1-2H3,(H,28,33). The molecule has 10 heteroatoms. The van der Waals surface area contributed by atoms with Crippen molar-refractivity contribution in [1.29, 1.82) is 0 Å². The van der Waals surface area contributed by atoms with E-state index in [-0.39, 0.29) is 10.9 Å². The molecule has 1 aromatic heterocycles. The summed E-state index contributed by atoms with van der Waals surface area (Å²) in [5.74, 6) is -4.41. The zero-order valence-corrected chi connectivity index (χ0v) is 20.3. The Kier molecular flexibility index (Phi) is 11.5. The van der Waals surface area contributed by atoms with Crippen molar-refractivity contribution >= 4 is 23.0 Å². The summed E-state index contributed by atoms with van der Waals surface area (Å²) in [7, 11) is 3.10. The first-order valence-corrected chi connectivity index (χ1v) is 12.0. The summed E-state index contributed by atoms with van der Waals surface area (Å²) in [5.41, 5.74) is -1.95. The van der Waals surface area contributed by atoms with Crippen molar-refractivity contribution in [3.8, 4) is 5.75 Å². The first-order valence-electron chi connectivity index (χ1n) is 12.0. The number of unbranched alkanes of at least 4 members (excludes halogenated alkanes) is 9. The number of benzene rings is 1. The highest BCUT2D eigenvalue weighted by atomic mass is 19.1. The Morgan fingerprint density at radius 2 is 1.57 bits per heavy atom. The van der Waals surface area contributed by atoms with Gasteiger partial charge < -0.3 is 24.5 Å². The lowest BCUT2D eigenvalue weighted by atomic mass is 10.1. The van der Waals surface area contributed by atoms with Gasteiger partial charge in [0.15, 0.2) is 17.1 Å². The van der Waals surface area contributed by atoms with Gasteiger partial charge in [0.2, 0.25) is 5.82 Å². The first kappa shape index (κ1) is 28.1. The largest absolute Gasteiger partial charge is 0.503 e. The average molecular weight is 497 g/mol. The van der Waals surface area contributed by atoms with Crippen LogP contribution < -0.4 is 10.9 Å². The van der Waals surface area contributed by atoms with E-state index in [1.807, 2.05) is 0 Å². The lowest BCUT2D eigenvalue weighted by Crippen LogP contribution is -2.31. The van der Waals surface area contributed by atoms with Crippen molar-refractivity contribution in [3.05, 3.63) is 39.8 Å². The van der Waals surface area contributed by atoms with Crippen LogP contribution in [0.25, 0.3) is 11.0 Å². The normalized spacial score (nSPS) is 11.0. The molecule has 8 nitrogen and oxygen atoms in total. The summed E-state index contributed by atoms with van der Waals surface area (Å²) in [6.45, 7) is 0.886. The molecule has 2 N–H and O–H groups in total. The van der Waals surface area contributed by atoms with Crippen molar-refractivity contribution in [3.63, 3.8) is 0 Å². The van der Waals surface area contributed by atoms with Gasteiger partial charge in [-0.3, -0.25) is 4.79 Å². The lowest BCUT2D eigenvalue weighted by Gasteiger charge is -2.16. The molecule has 0 atom stereocenters. The Hall–Kier alpha value is -3.17. The Balaban J connectivity index is 1.63. The second-order valence-corrected chi connectivity index (χ2v) is 8.54. The molecule has 0 aliphatic heterocycles. The zero-order chi connectivity index (χ0) is 25.8. The molecule has 0 aliphatic carbocycles. The van der Waals surface area contributed by atoms with Gasteiger partial charge in [-0.15, -0.1) is 0 Å². The van der Waals surface area contributed by atoms with E-state index in [4.69, 9.17) is 9.15 Å². The number of amides is 2. The third kappa shape index (κ3) is 8.52. The maximum absolute atomic E-state index is 13.9. The first-order chi connectivity index (χ1) is 16.8. The number of nitrogens with zero attached hydrogens (tertiary/aromatic N) is 1. The van der Waals surface area contributed by atoms with Gasteiger partial charge in [0.1, 0.15) is 5.56 Å². The monoisotopic (exact) mass is 496 g/mol. The predicted octanol–water partition coefficient (Wildman–Crippen LogP) is 5.11. The predicted molar refractivity (Wildman–Crippen MR) is 128 cm³/mol. The topological polar surface area (TPSA) is 109 Å². The number of halogens is 2. The summed E-state index contributed by atoms with van der Waals surface area (Å²) in [6, 6.07) is 1.90. The molecule has 0 fully saturated rings. The van der Waals surface area contributed by atoms with Crippen molar-refractivity contribution in [2.45, 2.75) is 64.2 Å². The summed E-state index contributed by atoms with van der Waals surface area (Å²) in [6.07, 6.45) is 9.95. The van der Waals surface area contributed by atoms with Crippen LogP contribution in [0.4, 0.5) is 13.6 Å². The third-order valence-electron chi connectivity index (χ3n) is 5.79. The number of alkyl carbamates (subject to hydrolysis) is 1. The highest BCUT2D eigenvalue weighted by Gasteiger charge is 2.21. The van der Waals surface area contributed by atoms with Crippen molar-refractivity contribution < 1.29 is 32.6 Å². The quantitative estimate of drug-likeness (QED) is 0.278. The molecule has 2 rings (SSSR count). The Labute approximate surface area is 203 Å². The Morgan fingerprint density at radius 1 is 1.00 bits per heavy atom. The van der Waals surface area contributed by atoms with Crippen LogP contribution in [0, 0.1) is 11.6 Å². The molecule has 0 spiro atoms. The SMILES string of the molecule is CNC(=O)OCCCCCCCCCCCCN(C)C(=O)c1cc2cc(F)c(O)c(F)c2oc1=O. The molecule has 1 heterocycles. The molecule has 0 radical (unpaired) electrons. The van der Waals surface area contributed by atoms with Gasteiger partial charge in [-0.2, -0.15) is 4.39 Å². The number of hydrogen-bond acceptors (Lipinski definition) is 6. The number of hydrogen-bond donors (Lipinski definition) is 2. The molecule has 0 saturated heterocycles. The Morgan fingerprint density at radius 3 is 2.17 bits per heavy atom. The van der Waals surface area contributed by atoms with Crippen molar-refractivity contribution in [1.82, 2.24) is 10.2 Å². The van der Waals surface area contributed by atoms with E-state index in [2.05, 4.69) is 5.32 Å². The molecule has 1 aromatic carbocycles. The smallest absolute Gasteiger partial charge is 0.406 e. The fraction of sp³-hybridized carbons (Fsp3) is 0.560. The fourth-order valence-electron chi connectivity index (χ4n) is 3.74. The highest BCUT2D eigenvalue weighted by Crippen LogP contribution is 2.28. The number of carbonyl (C=O) groups excluding carboxylic acids is 2. The number of ether oxygens (including phenoxy) is 1. The molecular weight excluding hydrogens is 462 g/mol. The van der Waals surface area contributed by atoms with Gasteiger partial charge in [0.05, 0.1) is 6.61 Å². The van der Waals surface area contributed by atoms with Gasteiger partial charge in [0, 0.05) is 26.0 Å². The van der Waals surface area contributed by atoms with Gasteiger partial charge in [-0.25, -0.2) is 14.0 Å². The summed E-state index contributed by atoms with van der Waals surface area (Å²) >= 11 is 0. The molecule has 2 amide bonds. The molecule has 35 heavy (non-hydrogen) atoms. The molecule has 2 aromatic rings. The molecular formula is C25H34F2N2O6. The van der Waals surface area contributed by atoms with Gasteiger partial charge >= 0.3 is 11.7 Å². The van der Waals surface area contributed by atoms with Crippen LogP contribution >= 0.6 is 0 Å². The Bertz CT molecular complexity index is 1060. The minimum atomic E-state index is -1.38. The van der Waals surface area contributed by atoms with Crippen LogP contribution in [-0.4, -0.2) is 49.3 Å². The van der Waals surface area contributed by atoms with Crippen LogP contribution in [0.5, 0.6) is 5.75 Å². The van der Waals surface area contributed by atoms with E-state index in [1.54, 1.807) is 7.05 Å². The number of phenols is 1. The maximum atomic E-state index is 13.9. The van der Waals surface area contributed by atoms with E-state index in [0.29, 0.717) is 13.2 Å². The molecule has 0 aliphatic rings. The summed E-state index contributed by atoms with van der Waals surface area (Å²) in [4.78, 5) is 37.1. The van der Waals surface area contributed by atoms with E-state index in [0.717, 1.165) is 76.3 Å². The van der Waals surface area contributed by atoms with E-state index >= 15 is 0 Å². The number of phenolic OH excluding ortho intramolecular Hbond substituents is 1. The van der Waals surface area contributed by atoms with Crippen LogP contribution in [0.3, 0.4) is 0 Å². The van der Waals surface area contributed by atoms with Crippen LogP contribution in [0.1, 0.15) is 74.6 Å². The minimum Gasteiger partial charge on any atom is -0.503 e. The average Bonchev–Trinajstić information content (AvgIpc) is 2.84. The van der Waals surface area contributed by atoms with E-state index in [1.165, 1.54) is 11.9 Å². The van der Waals surface area contributed by atoms with Crippen LogP contribution in [-0.2, 0) is 4.74 Å². The number of nitrogens with one attached hydrogen (secondary N) is 1. The van der Waals surface area contributed by atoms with Gasteiger partial charge in [-0.1, -0.05) is 51.4 Å². The molecule has 0 saturated carbocycles. The van der Waals surface area contributed by atoms with E-state index in [9.17, 15) is 28.3 Å². The molecule has 0 bridgehead atoms. The number of rotatable bonds is 14. The molecule has 0 unspecified atom stereocenters. The van der Waals surface area contributed by atoms with Crippen LogP contribution in [0.2, 0.25) is 0 Å². The van der Waals surface area contributed by atoms with Crippen molar-refractivity contribution in [2.24, 2.45) is 0 Å².